The van der Waals surface area contributed by atoms with Crippen LogP contribution in [0.15, 0.2) is 47.1 Å². The highest BCUT2D eigenvalue weighted by Crippen LogP contribution is 2.36. The van der Waals surface area contributed by atoms with Crippen molar-refractivity contribution in [2.45, 2.75) is 32.8 Å². The van der Waals surface area contributed by atoms with Crippen molar-refractivity contribution in [1.29, 1.82) is 0 Å². The van der Waals surface area contributed by atoms with Gasteiger partial charge in [0, 0.05) is 16.2 Å². The van der Waals surface area contributed by atoms with E-state index in [2.05, 4.69) is 20.9 Å². The molecule has 7 nitrogen and oxygen atoms in total. The first-order valence-corrected chi connectivity index (χ1v) is 10.5. The third-order valence-corrected chi connectivity index (χ3v) is 4.67. The Kier molecular flexibility index (Phi) is 9.26. The summed E-state index contributed by atoms with van der Waals surface area (Å²) in [7, 11) is 0. The summed E-state index contributed by atoms with van der Waals surface area (Å²) in [4.78, 5) is 30.6. The van der Waals surface area contributed by atoms with Crippen LogP contribution in [0, 0.1) is 0 Å². The molecule has 0 aliphatic rings. The van der Waals surface area contributed by atoms with E-state index in [0.29, 0.717) is 11.1 Å². The summed E-state index contributed by atoms with van der Waals surface area (Å²) >= 11 is 3.36. The molecular weight excluding hydrogens is 454 g/mol. The second-order valence-electron chi connectivity index (χ2n) is 6.26. The molecule has 0 aliphatic heterocycles. The lowest BCUT2D eigenvalue weighted by Crippen LogP contribution is -2.50. The number of aromatic nitrogens is 1. The van der Waals surface area contributed by atoms with Gasteiger partial charge in [0.15, 0.2) is 0 Å². The van der Waals surface area contributed by atoms with Crippen LogP contribution in [0.4, 0.5) is 0 Å². The van der Waals surface area contributed by atoms with E-state index < -0.39 is 17.4 Å². The van der Waals surface area contributed by atoms with Crippen molar-refractivity contribution in [3.63, 3.8) is 0 Å². The number of benzene rings is 1. The molecule has 0 fully saturated rings. The number of nitrogens with zero attached hydrogens (tertiary/aromatic N) is 1. The fourth-order valence-corrected chi connectivity index (χ4v) is 3.22. The average molecular weight is 480 g/mol. The summed E-state index contributed by atoms with van der Waals surface area (Å²) in [5.74, 6) is -1.42. The molecule has 0 bridgehead atoms. The Bertz CT molecular complexity index is 825. The van der Waals surface area contributed by atoms with Crippen LogP contribution < -0.4 is 4.74 Å². The van der Waals surface area contributed by atoms with Crippen LogP contribution in [0.3, 0.4) is 0 Å². The zero-order valence-electron chi connectivity index (χ0n) is 17.4. The van der Waals surface area contributed by atoms with E-state index in [0.717, 1.165) is 5.56 Å². The molecule has 30 heavy (non-hydrogen) atoms. The van der Waals surface area contributed by atoms with Crippen LogP contribution in [0.2, 0.25) is 0 Å². The topological polar surface area (TPSA) is 84.0 Å². The van der Waals surface area contributed by atoms with Crippen LogP contribution in [0.25, 0.3) is 0 Å². The van der Waals surface area contributed by atoms with Gasteiger partial charge in [-0.1, -0.05) is 30.3 Å². The summed E-state index contributed by atoms with van der Waals surface area (Å²) in [5.41, 5.74) is -0.762. The molecule has 0 saturated heterocycles. The van der Waals surface area contributed by atoms with E-state index in [1.54, 1.807) is 26.8 Å². The summed E-state index contributed by atoms with van der Waals surface area (Å²) in [6.45, 7) is 5.51. The molecule has 1 heterocycles. The molecule has 0 atom stereocenters. The van der Waals surface area contributed by atoms with Gasteiger partial charge in [-0.05, 0) is 48.3 Å². The number of hydrogen-bond acceptors (Lipinski definition) is 7. The number of halogens is 1. The maximum absolute atomic E-state index is 13.2. The first kappa shape index (κ1) is 23.8. The smallest absolute Gasteiger partial charge is 0.330 e. The number of pyridine rings is 1. The van der Waals surface area contributed by atoms with Gasteiger partial charge in [0.25, 0.3) is 0 Å². The van der Waals surface area contributed by atoms with E-state index >= 15 is 0 Å². The van der Waals surface area contributed by atoms with E-state index in [1.165, 1.54) is 6.20 Å². The van der Waals surface area contributed by atoms with Crippen molar-refractivity contribution >= 4 is 27.9 Å². The molecule has 1 aromatic carbocycles. The van der Waals surface area contributed by atoms with Gasteiger partial charge in [0.1, 0.15) is 0 Å². The lowest BCUT2D eigenvalue weighted by atomic mass is 9.81. The second kappa shape index (κ2) is 11.7. The number of ether oxygens (including phenoxy) is 4. The molecule has 162 valence electrons. The van der Waals surface area contributed by atoms with Gasteiger partial charge in [-0.2, -0.15) is 0 Å². The molecule has 0 amide bonds. The van der Waals surface area contributed by atoms with Crippen LogP contribution in [-0.2, 0) is 35.8 Å². The van der Waals surface area contributed by atoms with E-state index in [4.69, 9.17) is 18.9 Å². The highest BCUT2D eigenvalue weighted by molar-refractivity contribution is 9.10. The fourth-order valence-electron chi connectivity index (χ4n) is 2.89. The third-order valence-electron chi connectivity index (χ3n) is 4.24. The van der Waals surface area contributed by atoms with Crippen LogP contribution in [0.1, 0.15) is 31.9 Å². The lowest BCUT2D eigenvalue weighted by Gasteiger charge is -2.30. The number of hydrogen-bond donors (Lipinski definition) is 0. The van der Waals surface area contributed by atoms with Crippen LogP contribution in [-0.4, -0.2) is 43.4 Å². The molecule has 2 aromatic rings. The van der Waals surface area contributed by atoms with Crippen molar-refractivity contribution in [3.8, 4) is 5.88 Å². The maximum Gasteiger partial charge on any atom is 0.330 e. The first-order chi connectivity index (χ1) is 14.5. The molecule has 0 radical (unpaired) electrons. The van der Waals surface area contributed by atoms with Gasteiger partial charge in [0.2, 0.25) is 11.3 Å². The number of rotatable bonds is 11. The largest absolute Gasteiger partial charge is 0.478 e. The summed E-state index contributed by atoms with van der Waals surface area (Å²) in [6.07, 6.45) is 1.53. The van der Waals surface area contributed by atoms with Gasteiger partial charge >= 0.3 is 11.9 Å². The maximum atomic E-state index is 13.2. The molecule has 0 saturated carbocycles. The Morgan fingerprint density at radius 3 is 2.20 bits per heavy atom. The molecule has 8 heteroatoms. The zero-order chi connectivity index (χ0) is 22.0. The van der Waals surface area contributed by atoms with E-state index in [1.807, 2.05) is 30.3 Å². The number of esters is 2. The minimum atomic E-state index is -1.89. The highest BCUT2D eigenvalue weighted by Gasteiger charge is 2.53. The Morgan fingerprint density at radius 2 is 1.63 bits per heavy atom. The SMILES string of the molecule is CCOC(=O)C(COCc1ccccc1)(C(=O)OCC)c1cc(Br)cnc1OCC. The lowest BCUT2D eigenvalue weighted by molar-refractivity contribution is -0.169. The Morgan fingerprint density at radius 1 is 1.00 bits per heavy atom. The predicted molar refractivity (Wildman–Crippen MR) is 114 cm³/mol. The molecule has 1 aromatic heterocycles. The van der Waals surface area contributed by atoms with Crippen LogP contribution >= 0.6 is 15.9 Å². The molecular formula is C22H26BrNO6. The molecule has 2 rings (SSSR count). The molecule has 0 aliphatic carbocycles. The average Bonchev–Trinajstić information content (AvgIpc) is 2.74. The van der Waals surface area contributed by atoms with Crippen molar-refractivity contribution in [2.24, 2.45) is 0 Å². The highest BCUT2D eigenvalue weighted by atomic mass is 79.9. The minimum Gasteiger partial charge on any atom is -0.478 e. The normalized spacial score (nSPS) is 11.1. The van der Waals surface area contributed by atoms with Gasteiger partial charge in [-0.3, -0.25) is 9.59 Å². The third kappa shape index (κ3) is 5.58. The predicted octanol–water partition coefficient (Wildman–Crippen LogP) is 3.82. The quantitative estimate of drug-likeness (QED) is 0.357. The van der Waals surface area contributed by atoms with Gasteiger partial charge in [-0.15, -0.1) is 0 Å². The number of carbonyl (C=O) groups excluding carboxylic acids is 2. The number of carbonyl (C=O) groups is 2. The van der Waals surface area contributed by atoms with Crippen molar-refractivity contribution in [2.75, 3.05) is 26.4 Å². The minimum absolute atomic E-state index is 0.0874. The van der Waals surface area contributed by atoms with Gasteiger partial charge < -0.3 is 18.9 Å². The second-order valence-corrected chi connectivity index (χ2v) is 7.18. The molecule has 0 N–H and O–H groups in total. The summed E-state index contributed by atoms with van der Waals surface area (Å²) < 4.78 is 22.6. The zero-order valence-corrected chi connectivity index (χ0v) is 18.9. The fraction of sp³-hybridized carbons (Fsp3) is 0.409. The summed E-state index contributed by atoms with van der Waals surface area (Å²) in [6, 6.07) is 11.1. The van der Waals surface area contributed by atoms with Crippen molar-refractivity contribution < 1.29 is 28.5 Å². The van der Waals surface area contributed by atoms with Gasteiger partial charge in [0.05, 0.1) is 33.0 Å². The summed E-state index contributed by atoms with van der Waals surface area (Å²) in [5, 5.41) is 0. The van der Waals surface area contributed by atoms with Crippen molar-refractivity contribution in [1.82, 2.24) is 4.98 Å². The standard InChI is InChI=1S/C22H26BrNO6/c1-4-28-19-18(12-17(23)13-24-19)22(20(25)29-5-2,21(26)30-6-3)15-27-14-16-10-8-7-9-11-16/h7-13H,4-6,14-15H2,1-3H3. The molecule has 0 unspecified atom stereocenters. The Labute approximate surface area is 184 Å². The Hall–Kier alpha value is -2.45. The van der Waals surface area contributed by atoms with E-state index in [-0.39, 0.29) is 37.9 Å². The Balaban J connectivity index is 2.54. The van der Waals surface area contributed by atoms with Crippen LogP contribution in [0.5, 0.6) is 5.88 Å². The monoisotopic (exact) mass is 479 g/mol. The van der Waals surface area contributed by atoms with E-state index in [9.17, 15) is 9.59 Å². The first-order valence-electron chi connectivity index (χ1n) is 9.74. The van der Waals surface area contributed by atoms with Crippen molar-refractivity contribution in [3.05, 3.63) is 58.2 Å². The van der Waals surface area contributed by atoms with Gasteiger partial charge in [-0.25, -0.2) is 4.98 Å². The molecule has 0 spiro atoms.